The zero-order valence-electron chi connectivity index (χ0n) is 12.8. The molecule has 5 nitrogen and oxygen atoms in total. The number of nitrogens with zero attached hydrogens (tertiary/aromatic N) is 2. The SMILES string of the molecule is CCCNC(=O)CNC(=NC)N1CC2CCCCC2C1. The molecule has 1 saturated carbocycles. The highest BCUT2D eigenvalue weighted by atomic mass is 16.1. The number of amides is 1. The van der Waals surface area contributed by atoms with Crippen LogP contribution in [-0.4, -0.2) is 50.0 Å². The van der Waals surface area contributed by atoms with Crippen molar-refractivity contribution >= 4 is 11.9 Å². The largest absolute Gasteiger partial charge is 0.355 e. The van der Waals surface area contributed by atoms with Crippen molar-refractivity contribution in [3.63, 3.8) is 0 Å². The summed E-state index contributed by atoms with van der Waals surface area (Å²) in [6.45, 7) is 5.31. The molecule has 2 rings (SSSR count). The molecular formula is C15H28N4O. The Morgan fingerprint density at radius 1 is 1.20 bits per heavy atom. The summed E-state index contributed by atoms with van der Waals surface area (Å²) in [6, 6.07) is 0. The van der Waals surface area contributed by atoms with E-state index in [0.29, 0.717) is 6.54 Å². The Balaban J connectivity index is 1.79. The highest BCUT2D eigenvalue weighted by molar-refractivity contribution is 5.86. The summed E-state index contributed by atoms with van der Waals surface area (Å²) in [7, 11) is 1.80. The van der Waals surface area contributed by atoms with E-state index in [-0.39, 0.29) is 5.91 Å². The normalized spacial score (nSPS) is 26.3. The molecule has 1 aliphatic carbocycles. The number of carbonyl (C=O) groups excluding carboxylic acids is 1. The zero-order chi connectivity index (χ0) is 14.4. The van der Waals surface area contributed by atoms with Gasteiger partial charge in [0, 0.05) is 26.7 Å². The van der Waals surface area contributed by atoms with Crippen molar-refractivity contribution in [1.82, 2.24) is 15.5 Å². The summed E-state index contributed by atoms with van der Waals surface area (Å²) in [5, 5.41) is 6.07. The molecule has 0 bridgehead atoms. The van der Waals surface area contributed by atoms with E-state index in [9.17, 15) is 4.79 Å². The molecule has 114 valence electrons. The summed E-state index contributed by atoms with van der Waals surface area (Å²) in [4.78, 5) is 18.3. The van der Waals surface area contributed by atoms with Crippen LogP contribution in [-0.2, 0) is 4.79 Å². The first kappa shape index (κ1) is 15.1. The maximum atomic E-state index is 11.6. The van der Waals surface area contributed by atoms with Crippen LogP contribution in [0, 0.1) is 11.8 Å². The van der Waals surface area contributed by atoms with Gasteiger partial charge in [0.15, 0.2) is 5.96 Å². The smallest absolute Gasteiger partial charge is 0.239 e. The van der Waals surface area contributed by atoms with Gasteiger partial charge in [0.05, 0.1) is 6.54 Å². The van der Waals surface area contributed by atoms with Gasteiger partial charge in [-0.3, -0.25) is 9.79 Å². The number of hydrogen-bond donors (Lipinski definition) is 2. The summed E-state index contributed by atoms with van der Waals surface area (Å²) in [6.07, 6.45) is 6.43. The van der Waals surface area contributed by atoms with Crippen molar-refractivity contribution in [2.24, 2.45) is 16.8 Å². The lowest BCUT2D eigenvalue weighted by Gasteiger charge is -2.22. The maximum absolute atomic E-state index is 11.6. The third-order valence-electron chi connectivity index (χ3n) is 4.47. The van der Waals surface area contributed by atoms with Gasteiger partial charge in [-0.05, 0) is 31.1 Å². The third kappa shape index (κ3) is 3.87. The number of aliphatic imine (C=N–C) groups is 1. The predicted molar refractivity (Wildman–Crippen MR) is 81.7 cm³/mol. The molecule has 2 unspecified atom stereocenters. The number of fused-ring (bicyclic) bond motifs is 1. The van der Waals surface area contributed by atoms with Crippen molar-refractivity contribution in [2.75, 3.05) is 33.2 Å². The molecule has 0 aromatic heterocycles. The second-order valence-electron chi connectivity index (χ2n) is 5.96. The average molecular weight is 280 g/mol. The number of carbonyl (C=O) groups is 1. The minimum Gasteiger partial charge on any atom is -0.355 e. The number of rotatable bonds is 4. The number of nitrogens with one attached hydrogen (secondary N) is 2. The molecule has 20 heavy (non-hydrogen) atoms. The standard InChI is InChI=1S/C15H28N4O/c1-3-8-17-14(20)9-18-15(16-2)19-10-12-6-4-5-7-13(12)11-19/h12-13H,3-11H2,1-2H3,(H,16,18)(H,17,20). The molecule has 1 heterocycles. The average Bonchev–Trinajstić information content (AvgIpc) is 2.89. The molecule has 2 N–H and O–H groups in total. The van der Waals surface area contributed by atoms with E-state index in [1.807, 2.05) is 0 Å². The lowest BCUT2D eigenvalue weighted by atomic mass is 9.82. The van der Waals surface area contributed by atoms with Crippen LogP contribution in [0.15, 0.2) is 4.99 Å². The maximum Gasteiger partial charge on any atom is 0.239 e. The van der Waals surface area contributed by atoms with Gasteiger partial charge in [0.2, 0.25) is 5.91 Å². The lowest BCUT2D eigenvalue weighted by molar-refractivity contribution is -0.120. The Morgan fingerprint density at radius 3 is 2.40 bits per heavy atom. The minimum absolute atomic E-state index is 0.0459. The van der Waals surface area contributed by atoms with Gasteiger partial charge in [-0.25, -0.2) is 0 Å². The molecule has 1 amide bonds. The second-order valence-corrected chi connectivity index (χ2v) is 5.96. The summed E-state index contributed by atoms with van der Waals surface area (Å²) < 4.78 is 0. The molecule has 0 radical (unpaired) electrons. The topological polar surface area (TPSA) is 56.7 Å². The van der Waals surface area contributed by atoms with Gasteiger partial charge in [0.1, 0.15) is 0 Å². The van der Waals surface area contributed by atoms with E-state index >= 15 is 0 Å². The van der Waals surface area contributed by atoms with Crippen LogP contribution >= 0.6 is 0 Å². The van der Waals surface area contributed by atoms with E-state index in [4.69, 9.17) is 0 Å². The fourth-order valence-corrected chi connectivity index (χ4v) is 3.40. The fraction of sp³-hybridized carbons (Fsp3) is 0.867. The van der Waals surface area contributed by atoms with E-state index in [1.165, 1.54) is 25.7 Å². The highest BCUT2D eigenvalue weighted by Crippen LogP contribution is 2.35. The van der Waals surface area contributed by atoms with Crippen LogP contribution < -0.4 is 10.6 Å². The molecular weight excluding hydrogens is 252 g/mol. The van der Waals surface area contributed by atoms with Crippen molar-refractivity contribution in [3.05, 3.63) is 0 Å². The van der Waals surface area contributed by atoms with Gasteiger partial charge in [0.25, 0.3) is 0 Å². The Kier molecular flexibility index (Phi) is 5.68. The second kappa shape index (κ2) is 7.50. The number of guanidine groups is 1. The molecule has 0 spiro atoms. The van der Waals surface area contributed by atoms with Gasteiger partial charge >= 0.3 is 0 Å². The Bertz CT molecular complexity index is 342. The molecule has 0 aromatic carbocycles. The molecule has 5 heteroatoms. The van der Waals surface area contributed by atoms with E-state index in [0.717, 1.165) is 43.9 Å². The first-order valence-corrected chi connectivity index (χ1v) is 7.97. The van der Waals surface area contributed by atoms with E-state index < -0.39 is 0 Å². The van der Waals surface area contributed by atoms with Gasteiger partial charge < -0.3 is 15.5 Å². The molecule has 2 atom stereocenters. The number of hydrogen-bond acceptors (Lipinski definition) is 2. The molecule has 2 aliphatic rings. The lowest BCUT2D eigenvalue weighted by Crippen LogP contribution is -2.44. The van der Waals surface area contributed by atoms with E-state index in [2.05, 4.69) is 27.4 Å². The van der Waals surface area contributed by atoms with Crippen LogP contribution in [0.4, 0.5) is 0 Å². The summed E-state index contributed by atoms with van der Waals surface area (Å²) in [5.41, 5.74) is 0. The van der Waals surface area contributed by atoms with Crippen LogP contribution in [0.2, 0.25) is 0 Å². The van der Waals surface area contributed by atoms with Crippen LogP contribution in [0.1, 0.15) is 39.0 Å². The van der Waals surface area contributed by atoms with Crippen LogP contribution in [0.25, 0.3) is 0 Å². The highest BCUT2D eigenvalue weighted by Gasteiger charge is 2.35. The first-order valence-electron chi connectivity index (χ1n) is 7.97. The van der Waals surface area contributed by atoms with Crippen LogP contribution in [0.5, 0.6) is 0 Å². The van der Waals surface area contributed by atoms with Crippen molar-refractivity contribution < 1.29 is 4.79 Å². The summed E-state index contributed by atoms with van der Waals surface area (Å²) in [5.74, 6) is 2.59. The predicted octanol–water partition coefficient (Wildman–Crippen LogP) is 1.21. The summed E-state index contributed by atoms with van der Waals surface area (Å²) >= 11 is 0. The first-order chi connectivity index (χ1) is 9.74. The van der Waals surface area contributed by atoms with Crippen molar-refractivity contribution in [2.45, 2.75) is 39.0 Å². The van der Waals surface area contributed by atoms with Crippen molar-refractivity contribution in [1.29, 1.82) is 0 Å². The van der Waals surface area contributed by atoms with Crippen LogP contribution in [0.3, 0.4) is 0 Å². The van der Waals surface area contributed by atoms with E-state index in [1.54, 1.807) is 7.05 Å². The van der Waals surface area contributed by atoms with Gasteiger partial charge in [-0.2, -0.15) is 0 Å². The van der Waals surface area contributed by atoms with Gasteiger partial charge in [-0.15, -0.1) is 0 Å². The Morgan fingerprint density at radius 2 is 1.85 bits per heavy atom. The molecule has 1 saturated heterocycles. The molecule has 1 aliphatic heterocycles. The third-order valence-corrected chi connectivity index (χ3v) is 4.47. The fourth-order valence-electron chi connectivity index (χ4n) is 3.40. The quantitative estimate of drug-likeness (QED) is 0.601. The monoisotopic (exact) mass is 280 g/mol. The van der Waals surface area contributed by atoms with Gasteiger partial charge in [-0.1, -0.05) is 19.8 Å². The van der Waals surface area contributed by atoms with Crippen molar-refractivity contribution in [3.8, 4) is 0 Å². The molecule has 0 aromatic rings. The molecule has 2 fully saturated rings. The Hall–Kier alpha value is -1.26. The minimum atomic E-state index is 0.0459. The zero-order valence-corrected chi connectivity index (χ0v) is 12.8. The Labute approximate surface area is 122 Å². The number of likely N-dealkylation sites (tertiary alicyclic amines) is 1.